The molecule has 1 saturated heterocycles. The summed E-state index contributed by atoms with van der Waals surface area (Å²) < 4.78 is 30.3. The summed E-state index contributed by atoms with van der Waals surface area (Å²) in [6.45, 7) is 6.77. The van der Waals surface area contributed by atoms with Crippen molar-refractivity contribution in [3.63, 3.8) is 0 Å². The highest BCUT2D eigenvalue weighted by atomic mass is 32.2. The molecule has 1 amide bonds. The van der Waals surface area contributed by atoms with Crippen molar-refractivity contribution in [1.82, 2.24) is 19.2 Å². The molecule has 1 aliphatic carbocycles. The number of carbonyl (C=O) groups excluding carboxylic acids is 1. The molecule has 1 N–H and O–H groups in total. The Kier molecular flexibility index (Phi) is 6.40. The molecular formula is C23H34N4O3S. The summed E-state index contributed by atoms with van der Waals surface area (Å²) in [6, 6.07) is 5.95. The van der Waals surface area contributed by atoms with E-state index >= 15 is 0 Å². The number of fused-ring (bicyclic) bond motifs is 1. The van der Waals surface area contributed by atoms with Crippen LogP contribution in [-0.2, 0) is 14.8 Å². The molecule has 1 aliphatic heterocycles. The Morgan fingerprint density at radius 3 is 2.52 bits per heavy atom. The van der Waals surface area contributed by atoms with Crippen molar-refractivity contribution in [1.29, 1.82) is 0 Å². The van der Waals surface area contributed by atoms with Crippen LogP contribution in [0.4, 0.5) is 0 Å². The standard InChI is InChI=1S/C23H34N4O3S/c1-4-16(2)24-23(28)18-11-13-26(14-12-18)31(29,30)20-9-10-22-21(15-20)25-17(3)27(22)19-7-5-6-8-19/h9-10,15-16,18-19H,4-8,11-14H2,1-3H3,(H,24,28). The predicted molar refractivity (Wildman–Crippen MR) is 121 cm³/mol. The van der Waals surface area contributed by atoms with E-state index in [-0.39, 0.29) is 17.9 Å². The minimum atomic E-state index is -3.60. The fourth-order valence-corrected chi connectivity index (χ4v) is 6.44. The molecule has 31 heavy (non-hydrogen) atoms. The van der Waals surface area contributed by atoms with E-state index in [0.29, 0.717) is 36.9 Å². The number of nitrogens with one attached hydrogen (secondary N) is 1. The molecule has 2 aromatic rings. The molecule has 4 rings (SSSR count). The summed E-state index contributed by atoms with van der Waals surface area (Å²) in [5.41, 5.74) is 1.76. The third-order valence-corrected chi connectivity index (χ3v) is 8.89. The van der Waals surface area contributed by atoms with Gasteiger partial charge in [0.1, 0.15) is 5.82 Å². The van der Waals surface area contributed by atoms with Gasteiger partial charge in [-0.3, -0.25) is 4.79 Å². The van der Waals surface area contributed by atoms with E-state index in [2.05, 4.69) is 14.9 Å². The Balaban J connectivity index is 1.49. The summed E-state index contributed by atoms with van der Waals surface area (Å²) in [4.78, 5) is 17.4. The van der Waals surface area contributed by atoms with Crippen LogP contribution in [0.5, 0.6) is 0 Å². The van der Waals surface area contributed by atoms with Crippen LogP contribution in [0.2, 0.25) is 0 Å². The second kappa shape index (κ2) is 8.90. The van der Waals surface area contributed by atoms with E-state index in [1.54, 1.807) is 12.1 Å². The minimum absolute atomic E-state index is 0.0424. The molecule has 0 spiro atoms. The van der Waals surface area contributed by atoms with Crippen LogP contribution in [0, 0.1) is 12.8 Å². The molecule has 1 saturated carbocycles. The number of hydrogen-bond donors (Lipinski definition) is 1. The van der Waals surface area contributed by atoms with E-state index in [1.807, 2.05) is 26.8 Å². The van der Waals surface area contributed by atoms with Crippen LogP contribution < -0.4 is 5.32 Å². The number of imidazole rings is 1. The van der Waals surface area contributed by atoms with Crippen LogP contribution >= 0.6 is 0 Å². The SMILES string of the molecule is CCC(C)NC(=O)C1CCN(S(=O)(=O)c2ccc3c(c2)nc(C)n3C2CCCC2)CC1. The van der Waals surface area contributed by atoms with Crippen LogP contribution in [0.15, 0.2) is 23.1 Å². The van der Waals surface area contributed by atoms with Gasteiger partial charge in [-0.1, -0.05) is 19.8 Å². The number of aryl methyl sites for hydroxylation is 1. The van der Waals surface area contributed by atoms with E-state index in [9.17, 15) is 13.2 Å². The minimum Gasteiger partial charge on any atom is -0.353 e. The summed E-state index contributed by atoms with van der Waals surface area (Å²) in [5, 5.41) is 3.02. The largest absolute Gasteiger partial charge is 0.353 e. The van der Waals surface area contributed by atoms with Crippen LogP contribution in [0.1, 0.15) is 70.7 Å². The topological polar surface area (TPSA) is 84.3 Å². The number of aromatic nitrogens is 2. The first-order chi connectivity index (χ1) is 14.8. The maximum atomic E-state index is 13.3. The first kappa shape index (κ1) is 22.3. The molecular weight excluding hydrogens is 412 g/mol. The predicted octanol–water partition coefficient (Wildman–Crippen LogP) is 3.78. The second-order valence-electron chi connectivity index (χ2n) is 9.11. The Labute approximate surface area is 185 Å². The smallest absolute Gasteiger partial charge is 0.243 e. The Hall–Kier alpha value is -1.93. The van der Waals surface area contributed by atoms with Crippen LogP contribution in [0.25, 0.3) is 11.0 Å². The zero-order chi connectivity index (χ0) is 22.2. The van der Waals surface area contributed by atoms with E-state index < -0.39 is 10.0 Å². The zero-order valence-electron chi connectivity index (χ0n) is 18.8. The van der Waals surface area contributed by atoms with Crippen molar-refractivity contribution >= 4 is 27.0 Å². The lowest BCUT2D eigenvalue weighted by molar-refractivity contribution is -0.126. The second-order valence-corrected chi connectivity index (χ2v) is 11.1. The molecule has 170 valence electrons. The van der Waals surface area contributed by atoms with Gasteiger partial charge in [0.2, 0.25) is 15.9 Å². The van der Waals surface area contributed by atoms with Gasteiger partial charge in [-0.15, -0.1) is 0 Å². The maximum absolute atomic E-state index is 13.3. The van der Waals surface area contributed by atoms with Gasteiger partial charge in [0, 0.05) is 31.1 Å². The van der Waals surface area contributed by atoms with Gasteiger partial charge in [0.25, 0.3) is 0 Å². The normalized spacial score (nSPS) is 20.4. The van der Waals surface area contributed by atoms with Gasteiger partial charge >= 0.3 is 0 Å². The highest BCUT2D eigenvalue weighted by Crippen LogP contribution is 2.34. The van der Waals surface area contributed by atoms with Crippen LogP contribution in [-0.4, -0.2) is 47.3 Å². The maximum Gasteiger partial charge on any atom is 0.243 e. The van der Waals surface area contributed by atoms with Crippen molar-refractivity contribution in [2.45, 2.75) is 82.7 Å². The molecule has 0 radical (unpaired) electrons. The summed E-state index contributed by atoms with van der Waals surface area (Å²) in [7, 11) is -3.60. The average Bonchev–Trinajstić information content (AvgIpc) is 3.39. The molecule has 0 bridgehead atoms. The molecule has 1 aromatic carbocycles. The molecule has 2 aliphatic rings. The van der Waals surface area contributed by atoms with Gasteiger partial charge in [-0.2, -0.15) is 4.31 Å². The number of nitrogens with zero attached hydrogens (tertiary/aromatic N) is 3. The first-order valence-corrected chi connectivity index (χ1v) is 13.0. The number of amides is 1. The summed E-state index contributed by atoms with van der Waals surface area (Å²) >= 11 is 0. The lowest BCUT2D eigenvalue weighted by atomic mass is 9.97. The van der Waals surface area contributed by atoms with Gasteiger partial charge in [-0.25, -0.2) is 13.4 Å². The van der Waals surface area contributed by atoms with Gasteiger partial charge in [0.15, 0.2) is 0 Å². The fraction of sp³-hybridized carbons (Fsp3) is 0.652. The number of rotatable bonds is 6. The molecule has 7 nitrogen and oxygen atoms in total. The highest BCUT2D eigenvalue weighted by molar-refractivity contribution is 7.89. The third-order valence-electron chi connectivity index (χ3n) is 6.99. The van der Waals surface area contributed by atoms with Crippen molar-refractivity contribution in [2.24, 2.45) is 5.92 Å². The third kappa shape index (κ3) is 4.37. The average molecular weight is 447 g/mol. The van der Waals surface area contributed by atoms with E-state index in [4.69, 9.17) is 0 Å². The van der Waals surface area contributed by atoms with Crippen molar-refractivity contribution in [3.05, 3.63) is 24.0 Å². The van der Waals surface area contributed by atoms with Gasteiger partial charge in [0.05, 0.1) is 15.9 Å². The zero-order valence-corrected chi connectivity index (χ0v) is 19.6. The monoisotopic (exact) mass is 446 g/mol. The quantitative estimate of drug-likeness (QED) is 0.732. The van der Waals surface area contributed by atoms with Crippen molar-refractivity contribution < 1.29 is 13.2 Å². The van der Waals surface area contributed by atoms with Crippen molar-refractivity contribution in [3.8, 4) is 0 Å². The number of piperidine rings is 1. The van der Waals surface area contributed by atoms with Gasteiger partial charge < -0.3 is 9.88 Å². The number of benzene rings is 1. The number of carbonyl (C=O) groups is 1. The van der Waals surface area contributed by atoms with E-state index in [0.717, 1.165) is 36.1 Å². The van der Waals surface area contributed by atoms with Crippen molar-refractivity contribution in [2.75, 3.05) is 13.1 Å². The Morgan fingerprint density at radius 2 is 1.87 bits per heavy atom. The summed E-state index contributed by atoms with van der Waals surface area (Å²) in [6.07, 6.45) is 6.79. The number of sulfonamides is 1. The number of hydrogen-bond acceptors (Lipinski definition) is 4. The Morgan fingerprint density at radius 1 is 1.19 bits per heavy atom. The summed E-state index contributed by atoms with van der Waals surface area (Å²) in [5.74, 6) is 0.873. The molecule has 1 atom stereocenters. The molecule has 8 heteroatoms. The highest BCUT2D eigenvalue weighted by Gasteiger charge is 2.33. The first-order valence-electron chi connectivity index (χ1n) is 11.6. The molecule has 2 fully saturated rings. The van der Waals surface area contributed by atoms with Gasteiger partial charge in [-0.05, 0) is 64.2 Å². The molecule has 1 aromatic heterocycles. The van der Waals surface area contributed by atoms with Crippen LogP contribution in [0.3, 0.4) is 0 Å². The Bertz CT molecular complexity index is 1050. The lowest BCUT2D eigenvalue weighted by Gasteiger charge is -2.31. The fourth-order valence-electron chi connectivity index (χ4n) is 4.95. The van der Waals surface area contributed by atoms with E-state index in [1.165, 1.54) is 17.1 Å². The molecule has 1 unspecified atom stereocenters. The lowest BCUT2D eigenvalue weighted by Crippen LogP contribution is -2.44. The molecule has 2 heterocycles.